The van der Waals surface area contributed by atoms with Gasteiger partial charge in [-0.1, -0.05) is 0 Å². The van der Waals surface area contributed by atoms with Crippen molar-refractivity contribution in [3.63, 3.8) is 0 Å². The quantitative estimate of drug-likeness (QED) is 0.705. The second-order valence-electron chi connectivity index (χ2n) is 3.33. The van der Waals surface area contributed by atoms with Crippen LogP contribution in [0.2, 0.25) is 0 Å². The molecule has 0 spiro atoms. The van der Waals surface area contributed by atoms with E-state index in [1.807, 2.05) is 0 Å². The van der Waals surface area contributed by atoms with Gasteiger partial charge < -0.3 is 10.8 Å². The number of carboxylic acid groups (broad SMARTS) is 1. The molecule has 1 aliphatic heterocycles. The van der Waals surface area contributed by atoms with Crippen LogP contribution in [0.15, 0.2) is 29.4 Å². The Hall–Kier alpha value is -2.37. The van der Waals surface area contributed by atoms with Crippen LogP contribution in [-0.4, -0.2) is 22.7 Å². The topological polar surface area (TPSA) is 96.0 Å². The lowest BCUT2D eigenvalue weighted by Gasteiger charge is -2.11. The van der Waals surface area contributed by atoms with Crippen molar-refractivity contribution in [2.45, 2.75) is 6.42 Å². The van der Waals surface area contributed by atoms with E-state index in [2.05, 4.69) is 5.10 Å². The van der Waals surface area contributed by atoms with E-state index < -0.39 is 5.97 Å². The first-order valence-electron chi connectivity index (χ1n) is 4.57. The fourth-order valence-electron chi connectivity index (χ4n) is 1.37. The number of aliphatic carboxylic acids is 1. The van der Waals surface area contributed by atoms with Gasteiger partial charge in [0.2, 0.25) is 0 Å². The van der Waals surface area contributed by atoms with Crippen molar-refractivity contribution < 1.29 is 14.7 Å². The number of carbonyl (C=O) groups excluding carboxylic acids is 1. The average molecular weight is 219 g/mol. The van der Waals surface area contributed by atoms with Gasteiger partial charge in [-0.05, 0) is 24.3 Å². The van der Waals surface area contributed by atoms with Crippen LogP contribution in [0.4, 0.5) is 11.4 Å². The first-order valence-corrected chi connectivity index (χ1v) is 4.57. The number of amides is 1. The molecule has 0 aromatic heterocycles. The van der Waals surface area contributed by atoms with Gasteiger partial charge >= 0.3 is 5.97 Å². The highest BCUT2D eigenvalue weighted by molar-refractivity contribution is 6.42. The summed E-state index contributed by atoms with van der Waals surface area (Å²) in [6, 6.07) is 6.47. The molecule has 3 N–H and O–H groups in total. The van der Waals surface area contributed by atoms with Crippen molar-refractivity contribution in [1.29, 1.82) is 0 Å². The lowest BCUT2D eigenvalue weighted by Crippen LogP contribution is -2.19. The van der Waals surface area contributed by atoms with Crippen molar-refractivity contribution in [3.8, 4) is 0 Å². The Balaban J connectivity index is 2.31. The van der Waals surface area contributed by atoms with Crippen molar-refractivity contribution in [1.82, 2.24) is 0 Å². The molecule has 0 aliphatic carbocycles. The molecule has 6 nitrogen and oxygen atoms in total. The van der Waals surface area contributed by atoms with Gasteiger partial charge in [0.1, 0.15) is 0 Å². The molecule has 1 amide bonds. The molecule has 2 rings (SSSR count). The van der Waals surface area contributed by atoms with Gasteiger partial charge in [0.05, 0.1) is 12.1 Å². The summed E-state index contributed by atoms with van der Waals surface area (Å²) >= 11 is 0. The summed E-state index contributed by atoms with van der Waals surface area (Å²) in [4.78, 5) is 22.1. The van der Waals surface area contributed by atoms with Crippen LogP contribution < -0.4 is 10.7 Å². The summed E-state index contributed by atoms with van der Waals surface area (Å²) < 4.78 is 0. The van der Waals surface area contributed by atoms with Gasteiger partial charge in [-0.15, -0.1) is 0 Å². The number of nitrogens with two attached hydrogens (primary N) is 1. The molecule has 1 aromatic carbocycles. The lowest BCUT2D eigenvalue weighted by atomic mass is 10.2. The maximum absolute atomic E-state index is 11.5. The van der Waals surface area contributed by atoms with Crippen molar-refractivity contribution >= 4 is 29.0 Å². The van der Waals surface area contributed by atoms with Gasteiger partial charge in [0, 0.05) is 5.69 Å². The molecule has 0 bridgehead atoms. The average Bonchev–Trinajstić information content (AvgIpc) is 2.62. The first kappa shape index (κ1) is 10.2. The molecule has 82 valence electrons. The number of nitrogen functional groups attached to an aromatic ring is 1. The molecule has 0 saturated carbocycles. The molecule has 1 aromatic rings. The monoisotopic (exact) mass is 219 g/mol. The largest absolute Gasteiger partial charge is 0.477 e. The predicted molar refractivity (Wildman–Crippen MR) is 58.0 cm³/mol. The van der Waals surface area contributed by atoms with Crippen molar-refractivity contribution in [2.24, 2.45) is 5.10 Å². The molecule has 0 radical (unpaired) electrons. The van der Waals surface area contributed by atoms with Gasteiger partial charge in [-0.2, -0.15) is 10.1 Å². The van der Waals surface area contributed by atoms with Crippen molar-refractivity contribution in [2.75, 3.05) is 10.7 Å². The van der Waals surface area contributed by atoms with Gasteiger partial charge in [0.15, 0.2) is 5.71 Å². The molecule has 0 atom stereocenters. The van der Waals surface area contributed by atoms with E-state index in [-0.39, 0.29) is 18.0 Å². The SMILES string of the molecule is Nc1ccc(N2N=C(C(=O)O)CC2=O)cc1. The Kier molecular flexibility index (Phi) is 2.32. The van der Waals surface area contributed by atoms with E-state index in [4.69, 9.17) is 10.8 Å². The first-order chi connectivity index (χ1) is 7.58. The smallest absolute Gasteiger partial charge is 0.352 e. The van der Waals surface area contributed by atoms with Crippen LogP contribution in [0.1, 0.15) is 6.42 Å². The normalized spacial score (nSPS) is 15.1. The number of hydrogen-bond donors (Lipinski definition) is 2. The molecular weight excluding hydrogens is 210 g/mol. The van der Waals surface area contributed by atoms with E-state index in [1.165, 1.54) is 0 Å². The van der Waals surface area contributed by atoms with E-state index in [9.17, 15) is 9.59 Å². The van der Waals surface area contributed by atoms with E-state index in [0.29, 0.717) is 11.4 Å². The highest BCUT2D eigenvalue weighted by atomic mass is 16.4. The zero-order chi connectivity index (χ0) is 11.7. The minimum atomic E-state index is -1.17. The Morgan fingerprint density at radius 2 is 2.00 bits per heavy atom. The van der Waals surface area contributed by atoms with Crippen LogP contribution in [0.5, 0.6) is 0 Å². The predicted octanol–water partition coefficient (Wildman–Crippen LogP) is 0.446. The van der Waals surface area contributed by atoms with Crippen LogP contribution in [0.25, 0.3) is 0 Å². The maximum atomic E-state index is 11.5. The van der Waals surface area contributed by atoms with E-state index >= 15 is 0 Å². The molecule has 1 aliphatic rings. The molecule has 0 unspecified atom stereocenters. The summed E-state index contributed by atoms with van der Waals surface area (Å²) in [6.07, 6.45) is -0.181. The Morgan fingerprint density at radius 3 is 2.50 bits per heavy atom. The number of hydrogen-bond acceptors (Lipinski definition) is 4. The Labute approximate surface area is 91.0 Å². The number of carboxylic acids is 1. The summed E-state index contributed by atoms with van der Waals surface area (Å²) in [7, 11) is 0. The molecule has 1 heterocycles. The van der Waals surface area contributed by atoms with Gasteiger partial charge in [-0.3, -0.25) is 4.79 Å². The number of nitrogens with zero attached hydrogens (tertiary/aromatic N) is 2. The van der Waals surface area contributed by atoms with Gasteiger partial charge in [-0.25, -0.2) is 4.79 Å². The van der Waals surface area contributed by atoms with Crippen LogP contribution in [-0.2, 0) is 9.59 Å². The third-order valence-electron chi connectivity index (χ3n) is 2.16. The van der Waals surface area contributed by atoms with Crippen LogP contribution >= 0.6 is 0 Å². The number of benzene rings is 1. The fourth-order valence-corrected chi connectivity index (χ4v) is 1.37. The van der Waals surface area contributed by atoms with Crippen LogP contribution in [0, 0.1) is 0 Å². The molecular formula is C10H9N3O3. The second kappa shape index (κ2) is 3.65. The van der Waals surface area contributed by atoms with E-state index in [1.54, 1.807) is 24.3 Å². The summed E-state index contributed by atoms with van der Waals surface area (Å²) in [5.41, 5.74) is 6.43. The van der Waals surface area contributed by atoms with Crippen LogP contribution in [0.3, 0.4) is 0 Å². The zero-order valence-electron chi connectivity index (χ0n) is 8.25. The summed E-state index contributed by atoms with van der Waals surface area (Å²) in [6.45, 7) is 0. The molecule has 0 fully saturated rings. The number of carbonyl (C=O) groups is 2. The number of hydrazone groups is 1. The molecule has 16 heavy (non-hydrogen) atoms. The lowest BCUT2D eigenvalue weighted by molar-refractivity contribution is -0.129. The minimum absolute atomic E-state index is 0.151. The van der Waals surface area contributed by atoms with Gasteiger partial charge in [0.25, 0.3) is 5.91 Å². The molecule has 6 heteroatoms. The van der Waals surface area contributed by atoms with E-state index in [0.717, 1.165) is 5.01 Å². The third-order valence-corrected chi connectivity index (χ3v) is 2.16. The maximum Gasteiger partial charge on any atom is 0.352 e. The van der Waals surface area contributed by atoms with Crippen molar-refractivity contribution in [3.05, 3.63) is 24.3 Å². The number of rotatable bonds is 2. The zero-order valence-corrected chi connectivity index (χ0v) is 8.25. The summed E-state index contributed by atoms with van der Waals surface area (Å²) in [5, 5.41) is 13.5. The summed E-state index contributed by atoms with van der Waals surface area (Å²) in [5.74, 6) is -1.53. The highest BCUT2D eigenvalue weighted by Gasteiger charge is 2.28. The fraction of sp³-hybridized carbons (Fsp3) is 0.100. The molecule has 0 saturated heterocycles. The third kappa shape index (κ3) is 1.72. The second-order valence-corrected chi connectivity index (χ2v) is 3.33. The number of anilines is 2. The highest BCUT2D eigenvalue weighted by Crippen LogP contribution is 2.21. The Bertz CT molecular complexity index is 479. The minimum Gasteiger partial charge on any atom is -0.477 e. The Morgan fingerprint density at radius 1 is 1.38 bits per heavy atom. The standard InChI is InChI=1S/C10H9N3O3/c11-6-1-3-7(4-2-6)13-9(14)5-8(12-13)10(15)16/h1-4H,5,11H2,(H,15,16).